The van der Waals surface area contributed by atoms with Crippen LogP contribution in [-0.2, 0) is 6.61 Å². The number of rotatable bonds is 3. The lowest BCUT2D eigenvalue weighted by molar-refractivity contribution is 0.306. The maximum atomic E-state index is 5.77. The van der Waals surface area contributed by atoms with E-state index in [9.17, 15) is 0 Å². The van der Waals surface area contributed by atoms with Gasteiger partial charge in [-0.1, -0.05) is 18.2 Å². The predicted molar refractivity (Wildman–Crippen MR) is 65.2 cm³/mol. The van der Waals surface area contributed by atoms with Crippen LogP contribution in [0.3, 0.4) is 0 Å². The van der Waals surface area contributed by atoms with Gasteiger partial charge in [0.1, 0.15) is 12.4 Å². The van der Waals surface area contributed by atoms with Gasteiger partial charge in [-0.2, -0.15) is 0 Å². The molecule has 2 nitrogen and oxygen atoms in total. The van der Waals surface area contributed by atoms with Crippen LogP contribution in [0.25, 0.3) is 0 Å². The summed E-state index contributed by atoms with van der Waals surface area (Å²) in [6.45, 7) is 2.56. The van der Waals surface area contributed by atoms with Crippen LogP contribution in [0.15, 0.2) is 42.5 Å². The molecule has 81 valence electrons. The molecule has 0 atom stereocenters. The molecule has 16 heavy (non-hydrogen) atoms. The number of anilines is 1. The number of nitrogen functional groups attached to an aromatic ring is 1. The fraction of sp³-hybridized carbons (Fsp3) is 0.143. The summed E-state index contributed by atoms with van der Waals surface area (Å²) in [5, 5.41) is 0. The van der Waals surface area contributed by atoms with E-state index in [2.05, 4.69) is 12.1 Å². The largest absolute Gasteiger partial charge is 0.489 e. The molecule has 1 radical (unpaired) electrons. The van der Waals surface area contributed by atoms with Crippen molar-refractivity contribution in [2.75, 3.05) is 5.73 Å². The molecule has 0 amide bonds. The zero-order valence-electron chi connectivity index (χ0n) is 9.23. The molecule has 0 bridgehead atoms. The van der Waals surface area contributed by atoms with E-state index in [0.717, 1.165) is 22.6 Å². The minimum atomic E-state index is 0.538. The molecular formula is C14H14NO. The van der Waals surface area contributed by atoms with E-state index in [1.807, 2.05) is 43.3 Å². The molecule has 0 aromatic heterocycles. The Balaban J connectivity index is 2.05. The fourth-order valence-electron chi connectivity index (χ4n) is 1.61. The van der Waals surface area contributed by atoms with Crippen molar-refractivity contribution in [2.45, 2.75) is 13.5 Å². The first kappa shape index (κ1) is 10.6. The molecule has 2 aromatic rings. The van der Waals surface area contributed by atoms with Gasteiger partial charge in [0.15, 0.2) is 0 Å². The maximum Gasteiger partial charge on any atom is 0.119 e. The molecule has 0 unspecified atom stereocenters. The van der Waals surface area contributed by atoms with E-state index < -0.39 is 0 Å². The molecule has 2 N–H and O–H groups in total. The van der Waals surface area contributed by atoms with Crippen LogP contribution in [0.4, 0.5) is 5.69 Å². The summed E-state index contributed by atoms with van der Waals surface area (Å²) in [5.41, 5.74) is 8.79. The van der Waals surface area contributed by atoms with Crippen molar-refractivity contribution in [1.82, 2.24) is 0 Å². The Morgan fingerprint density at radius 3 is 2.62 bits per heavy atom. The first-order valence-electron chi connectivity index (χ1n) is 5.19. The third kappa shape index (κ3) is 2.76. The standard InChI is InChI=1S/C14H14NO/c1-11-7-12(9-13(15)8-11)10-16-14-5-3-2-4-6-14/h3-9H,10,15H2,1H3. The van der Waals surface area contributed by atoms with Crippen molar-refractivity contribution >= 4 is 5.69 Å². The lowest BCUT2D eigenvalue weighted by Gasteiger charge is -2.07. The molecule has 0 heterocycles. The molecule has 2 rings (SSSR count). The topological polar surface area (TPSA) is 35.2 Å². The van der Waals surface area contributed by atoms with Crippen LogP contribution in [0.1, 0.15) is 11.1 Å². The molecule has 0 aliphatic heterocycles. The van der Waals surface area contributed by atoms with Crippen LogP contribution in [0.5, 0.6) is 5.75 Å². The van der Waals surface area contributed by atoms with Gasteiger partial charge in [0.05, 0.1) is 0 Å². The van der Waals surface area contributed by atoms with Crippen LogP contribution < -0.4 is 10.5 Å². The first-order valence-corrected chi connectivity index (χ1v) is 5.19. The minimum Gasteiger partial charge on any atom is -0.489 e. The monoisotopic (exact) mass is 212 g/mol. The number of benzene rings is 2. The van der Waals surface area contributed by atoms with Crippen LogP contribution in [0, 0.1) is 13.0 Å². The molecule has 0 spiro atoms. The number of hydrogen-bond donors (Lipinski definition) is 1. The van der Waals surface area contributed by atoms with E-state index >= 15 is 0 Å². The van der Waals surface area contributed by atoms with E-state index in [0.29, 0.717) is 6.61 Å². The van der Waals surface area contributed by atoms with Crippen molar-refractivity contribution < 1.29 is 4.74 Å². The summed E-state index contributed by atoms with van der Waals surface area (Å²) in [6.07, 6.45) is 0. The predicted octanol–water partition coefficient (Wildman–Crippen LogP) is 2.96. The molecule has 2 aromatic carbocycles. The highest BCUT2D eigenvalue weighted by atomic mass is 16.5. The summed E-state index contributed by atoms with van der Waals surface area (Å²) in [7, 11) is 0. The average molecular weight is 212 g/mol. The Labute approximate surface area is 95.7 Å². The SMILES string of the molecule is Cc1cc(N)cc(COc2cc[c]cc2)c1. The van der Waals surface area contributed by atoms with Gasteiger partial charge in [0.2, 0.25) is 0 Å². The van der Waals surface area contributed by atoms with Crippen LogP contribution in [0.2, 0.25) is 0 Å². The molecule has 0 saturated heterocycles. The van der Waals surface area contributed by atoms with E-state index in [-0.39, 0.29) is 0 Å². The highest BCUT2D eigenvalue weighted by Gasteiger charge is 1.97. The average Bonchev–Trinajstić information content (AvgIpc) is 2.27. The molecule has 0 aliphatic rings. The molecule has 0 saturated carbocycles. The van der Waals surface area contributed by atoms with Gasteiger partial charge in [0, 0.05) is 5.69 Å². The summed E-state index contributed by atoms with van der Waals surface area (Å²) in [4.78, 5) is 0. The molecule has 0 fully saturated rings. The van der Waals surface area contributed by atoms with Gasteiger partial charge in [-0.25, -0.2) is 0 Å². The smallest absolute Gasteiger partial charge is 0.119 e. The third-order valence-electron chi connectivity index (χ3n) is 2.25. The van der Waals surface area contributed by atoms with Crippen LogP contribution in [-0.4, -0.2) is 0 Å². The second-order valence-electron chi connectivity index (χ2n) is 3.78. The molecular weight excluding hydrogens is 198 g/mol. The summed E-state index contributed by atoms with van der Waals surface area (Å²) in [6, 6.07) is 16.3. The van der Waals surface area contributed by atoms with Crippen molar-refractivity contribution in [2.24, 2.45) is 0 Å². The van der Waals surface area contributed by atoms with Gasteiger partial charge < -0.3 is 10.5 Å². The fourth-order valence-corrected chi connectivity index (χ4v) is 1.61. The van der Waals surface area contributed by atoms with Crippen molar-refractivity contribution in [3.8, 4) is 5.75 Å². The van der Waals surface area contributed by atoms with E-state index in [1.165, 1.54) is 0 Å². The lowest BCUT2D eigenvalue weighted by Crippen LogP contribution is -1.97. The Morgan fingerprint density at radius 1 is 1.19 bits per heavy atom. The maximum absolute atomic E-state index is 5.77. The van der Waals surface area contributed by atoms with Gasteiger partial charge in [-0.05, 0) is 48.4 Å². The van der Waals surface area contributed by atoms with Gasteiger partial charge in [-0.3, -0.25) is 0 Å². The number of aryl methyl sites for hydroxylation is 1. The van der Waals surface area contributed by atoms with Crippen molar-refractivity contribution in [1.29, 1.82) is 0 Å². The Morgan fingerprint density at radius 2 is 1.94 bits per heavy atom. The normalized spacial score (nSPS) is 10.1. The Kier molecular flexibility index (Phi) is 3.10. The Hall–Kier alpha value is -1.96. The second kappa shape index (κ2) is 4.71. The lowest BCUT2D eigenvalue weighted by atomic mass is 10.1. The van der Waals surface area contributed by atoms with Gasteiger partial charge >= 0.3 is 0 Å². The zero-order chi connectivity index (χ0) is 11.4. The van der Waals surface area contributed by atoms with Crippen molar-refractivity contribution in [3.05, 3.63) is 59.7 Å². The number of hydrogen-bond acceptors (Lipinski definition) is 2. The second-order valence-corrected chi connectivity index (χ2v) is 3.78. The minimum absolute atomic E-state index is 0.538. The summed E-state index contributed by atoms with van der Waals surface area (Å²) < 4.78 is 5.63. The molecule has 0 aliphatic carbocycles. The van der Waals surface area contributed by atoms with E-state index in [4.69, 9.17) is 10.5 Å². The van der Waals surface area contributed by atoms with Crippen LogP contribution >= 0.6 is 0 Å². The third-order valence-corrected chi connectivity index (χ3v) is 2.25. The van der Waals surface area contributed by atoms with Crippen molar-refractivity contribution in [3.63, 3.8) is 0 Å². The van der Waals surface area contributed by atoms with Gasteiger partial charge in [0.25, 0.3) is 0 Å². The summed E-state index contributed by atoms with van der Waals surface area (Å²) in [5.74, 6) is 0.846. The van der Waals surface area contributed by atoms with E-state index in [1.54, 1.807) is 0 Å². The number of ether oxygens (including phenoxy) is 1. The quantitative estimate of drug-likeness (QED) is 0.794. The molecule has 2 heteroatoms. The number of nitrogens with two attached hydrogens (primary N) is 1. The first-order chi connectivity index (χ1) is 7.74. The highest BCUT2D eigenvalue weighted by molar-refractivity contribution is 5.44. The Bertz CT molecular complexity index is 445. The van der Waals surface area contributed by atoms with Gasteiger partial charge in [-0.15, -0.1) is 0 Å². The zero-order valence-corrected chi connectivity index (χ0v) is 9.23. The summed E-state index contributed by atoms with van der Waals surface area (Å²) >= 11 is 0. The highest BCUT2D eigenvalue weighted by Crippen LogP contribution is 2.15.